The van der Waals surface area contributed by atoms with Crippen molar-refractivity contribution in [3.8, 4) is 0 Å². The monoisotopic (exact) mass is 127 g/mol. The smallest absolute Gasteiger partial charge is 0.222 e. The molecule has 0 spiro atoms. The van der Waals surface area contributed by atoms with Crippen LogP contribution < -0.4 is 5.32 Å². The van der Waals surface area contributed by atoms with Gasteiger partial charge in [-0.3, -0.25) is 4.79 Å². The molecule has 2 heterocycles. The van der Waals surface area contributed by atoms with E-state index < -0.39 is 0 Å². The zero-order valence-corrected chi connectivity index (χ0v) is 5.09. The minimum absolute atomic E-state index is 0.181. The van der Waals surface area contributed by atoms with Gasteiger partial charge in [0.15, 0.2) is 0 Å². The second-order valence-electron chi connectivity index (χ2n) is 2.66. The van der Waals surface area contributed by atoms with Crippen LogP contribution in [0.15, 0.2) is 0 Å². The molecule has 2 aliphatic heterocycles. The van der Waals surface area contributed by atoms with E-state index in [4.69, 9.17) is 4.74 Å². The highest BCUT2D eigenvalue weighted by atomic mass is 16.6. The Morgan fingerprint density at radius 2 is 2.44 bits per heavy atom. The number of hydrogen-bond acceptors (Lipinski definition) is 2. The van der Waals surface area contributed by atoms with Gasteiger partial charge in [-0.2, -0.15) is 0 Å². The Bertz CT molecular complexity index is 134. The Balaban J connectivity index is 1.70. The van der Waals surface area contributed by atoms with E-state index in [9.17, 15) is 4.79 Å². The summed E-state index contributed by atoms with van der Waals surface area (Å²) in [7, 11) is 0. The van der Waals surface area contributed by atoms with Crippen LogP contribution in [0.4, 0.5) is 0 Å². The van der Waals surface area contributed by atoms with Crippen molar-refractivity contribution in [3.63, 3.8) is 0 Å². The van der Waals surface area contributed by atoms with Crippen LogP contribution in [0.5, 0.6) is 0 Å². The number of ether oxygens (including phenoxy) is 1. The molecule has 0 radical (unpaired) electrons. The Morgan fingerprint density at radius 3 is 2.89 bits per heavy atom. The quantitative estimate of drug-likeness (QED) is 0.407. The molecule has 0 bridgehead atoms. The summed E-state index contributed by atoms with van der Waals surface area (Å²) in [6.45, 7) is 0.895. The maximum atomic E-state index is 10.4. The van der Waals surface area contributed by atoms with Gasteiger partial charge in [-0.25, -0.2) is 0 Å². The van der Waals surface area contributed by atoms with Crippen molar-refractivity contribution in [1.29, 1.82) is 0 Å². The molecular formula is C6H9NO2. The predicted octanol–water partition coefficient (Wildman–Crippen LogP) is -0.336. The number of carbonyl (C=O) groups is 1. The fourth-order valence-electron chi connectivity index (χ4n) is 1.09. The first-order valence-electron chi connectivity index (χ1n) is 3.25. The van der Waals surface area contributed by atoms with Gasteiger partial charge in [0, 0.05) is 12.5 Å². The lowest BCUT2D eigenvalue weighted by Gasteiger charge is -2.25. The summed E-state index contributed by atoms with van der Waals surface area (Å²) in [6.07, 6.45) is 2.18. The van der Waals surface area contributed by atoms with Crippen LogP contribution in [0.25, 0.3) is 0 Å². The molecule has 0 aromatic heterocycles. The number of epoxide rings is 1. The molecule has 3 nitrogen and oxygen atoms in total. The van der Waals surface area contributed by atoms with E-state index in [2.05, 4.69) is 5.32 Å². The highest BCUT2D eigenvalue weighted by Gasteiger charge is 2.32. The van der Waals surface area contributed by atoms with Crippen molar-refractivity contribution in [1.82, 2.24) is 5.32 Å². The minimum Gasteiger partial charge on any atom is -0.373 e. The van der Waals surface area contributed by atoms with Crippen LogP contribution in [0.3, 0.4) is 0 Å². The maximum Gasteiger partial charge on any atom is 0.222 e. The number of rotatable bonds is 2. The molecule has 2 saturated heterocycles. The van der Waals surface area contributed by atoms with E-state index >= 15 is 0 Å². The van der Waals surface area contributed by atoms with Crippen molar-refractivity contribution >= 4 is 5.91 Å². The molecule has 1 amide bonds. The topological polar surface area (TPSA) is 41.6 Å². The number of β-lactam (4-membered cyclic amide) rings is 1. The second-order valence-corrected chi connectivity index (χ2v) is 2.66. The average molecular weight is 127 g/mol. The highest BCUT2D eigenvalue weighted by Crippen LogP contribution is 2.20. The van der Waals surface area contributed by atoms with Crippen LogP contribution >= 0.6 is 0 Å². The SMILES string of the molecule is O=C1CC(CC2CO2)N1. The second kappa shape index (κ2) is 1.70. The molecule has 1 N–H and O–H groups in total. The predicted molar refractivity (Wildman–Crippen MR) is 30.9 cm³/mol. The molecule has 0 aliphatic carbocycles. The third-order valence-corrected chi connectivity index (χ3v) is 1.75. The molecule has 50 valence electrons. The number of carbonyl (C=O) groups excluding carboxylic acids is 1. The summed E-state index contributed by atoms with van der Waals surface area (Å²) in [6, 6.07) is 0.421. The highest BCUT2D eigenvalue weighted by molar-refractivity contribution is 5.82. The van der Waals surface area contributed by atoms with Gasteiger partial charge in [0.25, 0.3) is 0 Å². The zero-order valence-electron chi connectivity index (χ0n) is 5.09. The zero-order chi connectivity index (χ0) is 6.27. The Morgan fingerprint density at radius 1 is 1.78 bits per heavy atom. The standard InChI is InChI=1S/C6H9NO2/c8-6-2-4(7-6)1-5-3-9-5/h4-5H,1-3H2,(H,7,8). The van der Waals surface area contributed by atoms with Crippen molar-refractivity contribution in [2.45, 2.75) is 25.0 Å². The van der Waals surface area contributed by atoms with Gasteiger partial charge in [0.05, 0.1) is 12.7 Å². The summed E-state index contributed by atoms with van der Waals surface area (Å²) in [5.41, 5.74) is 0. The molecular weight excluding hydrogens is 118 g/mol. The summed E-state index contributed by atoms with van der Waals surface area (Å²) in [4.78, 5) is 10.4. The molecule has 9 heavy (non-hydrogen) atoms. The van der Waals surface area contributed by atoms with Crippen LogP contribution in [-0.2, 0) is 9.53 Å². The third-order valence-electron chi connectivity index (χ3n) is 1.75. The first kappa shape index (κ1) is 5.23. The molecule has 2 aliphatic rings. The summed E-state index contributed by atoms with van der Waals surface area (Å²) in [5.74, 6) is 0.181. The first-order chi connectivity index (χ1) is 4.34. The Kier molecular flexibility index (Phi) is 0.990. The van der Waals surface area contributed by atoms with Gasteiger partial charge < -0.3 is 10.1 Å². The lowest BCUT2D eigenvalue weighted by Crippen LogP contribution is -2.48. The van der Waals surface area contributed by atoms with Gasteiger partial charge >= 0.3 is 0 Å². The van der Waals surface area contributed by atoms with Crippen molar-refractivity contribution in [3.05, 3.63) is 0 Å². The number of hydrogen-bond donors (Lipinski definition) is 1. The largest absolute Gasteiger partial charge is 0.373 e. The molecule has 2 atom stereocenters. The normalized spacial score (nSPS) is 39.3. The summed E-state index contributed by atoms with van der Waals surface area (Å²) in [5, 5.41) is 2.80. The Hall–Kier alpha value is -0.570. The van der Waals surface area contributed by atoms with Gasteiger partial charge in [-0.05, 0) is 6.42 Å². The van der Waals surface area contributed by atoms with E-state index in [-0.39, 0.29) is 5.91 Å². The number of amides is 1. The first-order valence-corrected chi connectivity index (χ1v) is 3.25. The van der Waals surface area contributed by atoms with E-state index in [1.54, 1.807) is 0 Å². The molecule has 0 saturated carbocycles. The van der Waals surface area contributed by atoms with E-state index in [1.807, 2.05) is 0 Å². The summed E-state index contributed by atoms with van der Waals surface area (Å²) < 4.78 is 5.00. The van der Waals surface area contributed by atoms with Crippen LogP contribution in [0, 0.1) is 0 Å². The molecule has 2 fully saturated rings. The molecule has 0 aromatic carbocycles. The molecule has 3 heteroatoms. The average Bonchev–Trinajstić information content (AvgIpc) is 2.45. The number of nitrogens with one attached hydrogen (secondary N) is 1. The summed E-state index contributed by atoms with van der Waals surface area (Å²) >= 11 is 0. The fourth-order valence-corrected chi connectivity index (χ4v) is 1.09. The van der Waals surface area contributed by atoms with Gasteiger partial charge in [-0.15, -0.1) is 0 Å². The van der Waals surface area contributed by atoms with Crippen LogP contribution in [0.1, 0.15) is 12.8 Å². The maximum absolute atomic E-state index is 10.4. The van der Waals surface area contributed by atoms with Crippen molar-refractivity contribution < 1.29 is 9.53 Å². The lowest BCUT2D eigenvalue weighted by atomic mass is 10.0. The van der Waals surface area contributed by atoms with Gasteiger partial charge in [0.2, 0.25) is 5.91 Å². The van der Waals surface area contributed by atoms with Crippen LogP contribution in [-0.4, -0.2) is 24.7 Å². The van der Waals surface area contributed by atoms with E-state index in [0.717, 1.165) is 13.0 Å². The van der Waals surface area contributed by atoms with Gasteiger partial charge in [-0.1, -0.05) is 0 Å². The third kappa shape index (κ3) is 1.05. The lowest BCUT2D eigenvalue weighted by molar-refractivity contribution is -0.128. The van der Waals surface area contributed by atoms with Crippen LogP contribution in [0.2, 0.25) is 0 Å². The van der Waals surface area contributed by atoms with Crippen molar-refractivity contribution in [2.75, 3.05) is 6.61 Å². The van der Waals surface area contributed by atoms with E-state index in [1.165, 1.54) is 0 Å². The molecule has 0 aromatic rings. The molecule has 2 unspecified atom stereocenters. The van der Waals surface area contributed by atoms with Crippen molar-refractivity contribution in [2.24, 2.45) is 0 Å². The Labute approximate surface area is 53.4 Å². The van der Waals surface area contributed by atoms with E-state index in [0.29, 0.717) is 18.6 Å². The minimum atomic E-state index is 0.181. The fraction of sp³-hybridized carbons (Fsp3) is 0.833. The molecule has 2 rings (SSSR count). The van der Waals surface area contributed by atoms with Gasteiger partial charge in [0.1, 0.15) is 0 Å².